The normalized spacial score (nSPS) is 10.9. The van der Waals surface area contributed by atoms with Crippen molar-refractivity contribution >= 4 is 28.5 Å². The highest BCUT2D eigenvalue weighted by Gasteiger charge is 2.18. The highest BCUT2D eigenvalue weighted by molar-refractivity contribution is 5.97. The molecule has 0 atom stereocenters. The Morgan fingerprint density at radius 3 is 2.78 bits per heavy atom. The van der Waals surface area contributed by atoms with Crippen LogP contribution in [0.3, 0.4) is 0 Å². The van der Waals surface area contributed by atoms with E-state index < -0.39 is 0 Å². The molecule has 2 heterocycles. The van der Waals surface area contributed by atoms with Crippen molar-refractivity contribution in [1.82, 2.24) is 14.5 Å². The third kappa shape index (κ3) is 4.72. The molecule has 32 heavy (non-hydrogen) atoms. The van der Waals surface area contributed by atoms with Crippen molar-refractivity contribution < 1.29 is 14.0 Å². The van der Waals surface area contributed by atoms with Gasteiger partial charge in [-0.05, 0) is 24.3 Å². The second-order valence-electron chi connectivity index (χ2n) is 7.69. The summed E-state index contributed by atoms with van der Waals surface area (Å²) in [5.41, 5.74) is 2.98. The number of furan rings is 1. The molecule has 4 aromatic rings. The largest absolute Gasteiger partial charge is 0.461 e. The second-order valence-corrected chi connectivity index (χ2v) is 7.69. The molecule has 0 radical (unpaired) electrons. The Labute approximate surface area is 186 Å². The van der Waals surface area contributed by atoms with Crippen LogP contribution < -0.4 is 5.32 Å². The van der Waals surface area contributed by atoms with Gasteiger partial charge in [0.05, 0.1) is 6.33 Å². The van der Waals surface area contributed by atoms with Gasteiger partial charge in [-0.15, -0.1) is 0 Å². The molecule has 7 nitrogen and oxygen atoms in total. The minimum absolute atomic E-state index is 0.117. The quantitative estimate of drug-likeness (QED) is 0.447. The molecule has 0 fully saturated rings. The molecule has 2 aromatic heterocycles. The number of aromatic nitrogens is 2. The monoisotopic (exact) mass is 430 g/mol. The number of hydrogen-bond acceptors (Lipinski definition) is 4. The zero-order chi connectivity index (χ0) is 22.5. The van der Waals surface area contributed by atoms with E-state index in [1.807, 2.05) is 42.0 Å². The molecule has 0 bridgehead atoms. The molecule has 0 spiro atoms. The minimum atomic E-state index is -0.119. The van der Waals surface area contributed by atoms with Gasteiger partial charge in [0.1, 0.15) is 11.3 Å². The highest BCUT2D eigenvalue weighted by atomic mass is 16.3. The molecular weight excluding hydrogens is 404 g/mol. The Bertz CT molecular complexity index is 1230. The zero-order valence-corrected chi connectivity index (χ0v) is 18.2. The average molecular weight is 431 g/mol. The standard InChI is InChI=1S/C25H26N4O3/c1-3-22-21(20-9-4-5-10-23(20)32-22)16-28(2)25(31)18-7-6-8-19(15-18)27-24(30)11-13-29-14-12-26-17-29/h4-10,12,14-15,17H,3,11,13,16H2,1-2H3,(H,27,30). The van der Waals surface area contributed by atoms with E-state index in [0.717, 1.165) is 28.7 Å². The lowest BCUT2D eigenvalue weighted by atomic mass is 10.1. The van der Waals surface area contributed by atoms with Crippen LogP contribution in [0, 0.1) is 0 Å². The number of hydrogen-bond donors (Lipinski definition) is 1. The molecule has 0 aliphatic rings. The van der Waals surface area contributed by atoms with Gasteiger partial charge in [0.15, 0.2) is 0 Å². The van der Waals surface area contributed by atoms with Crippen LogP contribution in [0.5, 0.6) is 0 Å². The first-order valence-corrected chi connectivity index (χ1v) is 10.7. The lowest BCUT2D eigenvalue weighted by Gasteiger charge is -2.18. The van der Waals surface area contributed by atoms with E-state index in [1.165, 1.54) is 0 Å². The van der Waals surface area contributed by atoms with E-state index >= 15 is 0 Å². The van der Waals surface area contributed by atoms with Crippen LogP contribution >= 0.6 is 0 Å². The number of rotatable bonds is 8. The lowest BCUT2D eigenvalue weighted by molar-refractivity contribution is -0.116. The third-order valence-corrected chi connectivity index (χ3v) is 5.39. The van der Waals surface area contributed by atoms with Gasteiger partial charge in [-0.2, -0.15) is 0 Å². The van der Waals surface area contributed by atoms with Crippen LogP contribution in [-0.4, -0.2) is 33.3 Å². The summed E-state index contributed by atoms with van der Waals surface area (Å²) in [6, 6.07) is 14.9. The predicted molar refractivity (Wildman–Crippen MR) is 123 cm³/mol. The summed E-state index contributed by atoms with van der Waals surface area (Å²) in [5.74, 6) is 0.658. The number of fused-ring (bicyclic) bond motifs is 1. The van der Waals surface area contributed by atoms with Crippen LogP contribution in [0.4, 0.5) is 5.69 Å². The van der Waals surface area contributed by atoms with Gasteiger partial charge >= 0.3 is 0 Å². The Hall–Kier alpha value is -3.87. The summed E-state index contributed by atoms with van der Waals surface area (Å²) in [7, 11) is 1.78. The molecule has 0 aliphatic heterocycles. The number of nitrogens with zero attached hydrogens (tertiary/aromatic N) is 3. The third-order valence-electron chi connectivity index (χ3n) is 5.39. The van der Waals surface area contributed by atoms with E-state index in [9.17, 15) is 9.59 Å². The van der Waals surface area contributed by atoms with E-state index in [2.05, 4.69) is 10.3 Å². The molecule has 4 rings (SSSR count). The first-order chi connectivity index (χ1) is 15.5. The van der Waals surface area contributed by atoms with Crippen LogP contribution in [0.15, 0.2) is 71.7 Å². The molecule has 0 saturated carbocycles. The Balaban J connectivity index is 1.44. The van der Waals surface area contributed by atoms with E-state index in [4.69, 9.17) is 4.42 Å². The molecule has 0 aliphatic carbocycles. The van der Waals surface area contributed by atoms with Crippen LogP contribution in [0.1, 0.15) is 35.0 Å². The number of para-hydroxylation sites is 1. The van der Waals surface area contributed by atoms with Crippen molar-refractivity contribution in [1.29, 1.82) is 0 Å². The second kappa shape index (κ2) is 9.51. The average Bonchev–Trinajstić information content (AvgIpc) is 3.45. The summed E-state index contributed by atoms with van der Waals surface area (Å²) in [6.45, 7) is 3.04. The van der Waals surface area contributed by atoms with Gasteiger partial charge in [0.25, 0.3) is 5.91 Å². The van der Waals surface area contributed by atoms with Crippen LogP contribution in [-0.2, 0) is 24.3 Å². The summed E-state index contributed by atoms with van der Waals surface area (Å²) in [4.78, 5) is 31.0. The number of carbonyl (C=O) groups excluding carboxylic acids is 2. The zero-order valence-electron chi connectivity index (χ0n) is 18.2. The first-order valence-electron chi connectivity index (χ1n) is 10.7. The van der Waals surface area contributed by atoms with Gasteiger partial charge in [-0.25, -0.2) is 4.98 Å². The molecule has 0 saturated heterocycles. The van der Waals surface area contributed by atoms with E-state index in [-0.39, 0.29) is 11.8 Å². The number of nitrogens with one attached hydrogen (secondary N) is 1. The topological polar surface area (TPSA) is 80.4 Å². The minimum Gasteiger partial charge on any atom is -0.461 e. The Kier molecular flexibility index (Phi) is 6.35. The molecular formula is C25H26N4O3. The van der Waals surface area contributed by atoms with Gasteiger partial charge in [0.2, 0.25) is 5.91 Å². The summed E-state index contributed by atoms with van der Waals surface area (Å²) in [5, 5.41) is 3.90. The number of aryl methyl sites for hydroxylation is 2. The number of benzene rings is 2. The van der Waals surface area contributed by atoms with Gasteiger partial charge in [-0.3, -0.25) is 9.59 Å². The molecule has 164 valence electrons. The molecule has 2 aromatic carbocycles. The van der Waals surface area contributed by atoms with Crippen molar-refractivity contribution in [2.45, 2.75) is 32.9 Å². The fourth-order valence-electron chi connectivity index (χ4n) is 3.74. The van der Waals surface area contributed by atoms with Crippen molar-refractivity contribution in [3.63, 3.8) is 0 Å². The number of amides is 2. The number of anilines is 1. The van der Waals surface area contributed by atoms with Gasteiger partial charge in [0, 0.05) is 67.6 Å². The Morgan fingerprint density at radius 2 is 2.00 bits per heavy atom. The molecule has 7 heteroatoms. The smallest absolute Gasteiger partial charge is 0.253 e. The maximum Gasteiger partial charge on any atom is 0.253 e. The number of carbonyl (C=O) groups is 2. The highest BCUT2D eigenvalue weighted by Crippen LogP contribution is 2.27. The maximum absolute atomic E-state index is 13.1. The lowest BCUT2D eigenvalue weighted by Crippen LogP contribution is -2.26. The predicted octanol–water partition coefficient (Wildman–Crippen LogP) is 4.49. The van der Waals surface area contributed by atoms with Crippen molar-refractivity contribution in [3.05, 3.63) is 84.1 Å². The van der Waals surface area contributed by atoms with Crippen LogP contribution in [0.25, 0.3) is 11.0 Å². The first kappa shape index (κ1) is 21.4. The van der Waals surface area contributed by atoms with Crippen molar-refractivity contribution in [3.8, 4) is 0 Å². The maximum atomic E-state index is 13.1. The fraction of sp³-hybridized carbons (Fsp3) is 0.240. The van der Waals surface area contributed by atoms with Gasteiger partial charge < -0.3 is 19.2 Å². The molecule has 0 unspecified atom stereocenters. The van der Waals surface area contributed by atoms with Crippen molar-refractivity contribution in [2.75, 3.05) is 12.4 Å². The Morgan fingerprint density at radius 1 is 1.16 bits per heavy atom. The SMILES string of the molecule is CCc1oc2ccccc2c1CN(C)C(=O)c1cccc(NC(=O)CCn2ccnc2)c1. The molecule has 1 N–H and O–H groups in total. The van der Waals surface area contributed by atoms with E-state index in [1.54, 1.807) is 48.7 Å². The molecule has 2 amide bonds. The van der Waals surface area contributed by atoms with Gasteiger partial charge in [-0.1, -0.05) is 31.2 Å². The van der Waals surface area contributed by atoms with Crippen LogP contribution in [0.2, 0.25) is 0 Å². The van der Waals surface area contributed by atoms with Crippen molar-refractivity contribution in [2.24, 2.45) is 0 Å². The number of imidazole rings is 1. The summed E-state index contributed by atoms with van der Waals surface area (Å²) >= 11 is 0. The van der Waals surface area contributed by atoms with E-state index in [0.29, 0.717) is 30.8 Å². The summed E-state index contributed by atoms with van der Waals surface area (Å²) < 4.78 is 7.80. The summed E-state index contributed by atoms with van der Waals surface area (Å²) in [6.07, 6.45) is 6.25. The fourth-order valence-corrected chi connectivity index (χ4v) is 3.74.